The van der Waals surface area contributed by atoms with Crippen molar-refractivity contribution < 1.29 is 27.1 Å². The molecule has 0 aliphatic carbocycles. The van der Waals surface area contributed by atoms with Crippen molar-refractivity contribution in [3.8, 4) is 5.75 Å². The predicted molar refractivity (Wildman–Crippen MR) is 96.5 cm³/mol. The van der Waals surface area contributed by atoms with Gasteiger partial charge in [-0.2, -0.15) is 13.2 Å². The Morgan fingerprint density at radius 3 is 2.46 bits per heavy atom. The van der Waals surface area contributed by atoms with Crippen LogP contribution in [0, 0.1) is 5.92 Å². The summed E-state index contributed by atoms with van der Waals surface area (Å²) < 4.78 is 56.4. The molecule has 0 saturated carbocycles. The Morgan fingerprint density at radius 1 is 1.29 bits per heavy atom. The molecule has 2 rings (SSSR count). The molecular formula is C18H22F4N4O2. The largest absolute Gasteiger partial charge is 0.497 e. The maximum Gasteiger partial charge on any atom is 0.405 e. The monoisotopic (exact) mass is 402 g/mol. The van der Waals surface area contributed by atoms with Crippen LogP contribution in [0.2, 0.25) is 0 Å². The van der Waals surface area contributed by atoms with Gasteiger partial charge in [0.05, 0.1) is 13.7 Å². The molecule has 154 valence electrons. The molecule has 1 aliphatic rings. The molecule has 0 unspecified atom stereocenters. The first-order chi connectivity index (χ1) is 13.1. The summed E-state index contributed by atoms with van der Waals surface area (Å²) in [4.78, 5) is 16.3. The minimum atomic E-state index is -4.53. The molecule has 0 spiro atoms. The van der Waals surface area contributed by atoms with Crippen LogP contribution >= 0.6 is 0 Å². The first-order valence-electron chi connectivity index (χ1n) is 8.57. The molecular weight excluding hydrogens is 380 g/mol. The molecule has 1 aromatic carbocycles. The molecule has 0 fully saturated rings. The standard InChI is InChI=1S/C18H22F4N4O2/c1-10(2)14(17(27)24-9-18(20,21)22)25-16-13(19)8-23-15(26-16)11-4-6-12(28-3)7-5-11/h4-7,10,14,25H,8-9H2,1-3H3,(H,23,26)(H,24,27)/t14-/m1/s1. The molecule has 0 aromatic heterocycles. The number of nitrogens with zero attached hydrogens (tertiary/aromatic N) is 1. The highest BCUT2D eigenvalue weighted by molar-refractivity contribution is 6.00. The predicted octanol–water partition coefficient (Wildman–Crippen LogP) is 2.48. The van der Waals surface area contributed by atoms with Gasteiger partial charge in [0.2, 0.25) is 5.91 Å². The number of nitrogens with one attached hydrogen (secondary N) is 3. The summed E-state index contributed by atoms with van der Waals surface area (Å²) in [6, 6.07) is 5.79. The summed E-state index contributed by atoms with van der Waals surface area (Å²) in [7, 11) is 1.53. The molecule has 1 aromatic rings. The van der Waals surface area contributed by atoms with E-state index in [1.54, 1.807) is 38.1 Å². The molecule has 1 aliphatic heterocycles. The van der Waals surface area contributed by atoms with E-state index >= 15 is 0 Å². The molecule has 0 radical (unpaired) electrons. The van der Waals surface area contributed by atoms with Crippen LogP contribution in [0.1, 0.15) is 19.4 Å². The maximum atomic E-state index is 14.2. The highest BCUT2D eigenvalue weighted by Crippen LogP contribution is 2.18. The lowest BCUT2D eigenvalue weighted by atomic mass is 10.0. The second-order valence-corrected chi connectivity index (χ2v) is 6.49. The van der Waals surface area contributed by atoms with E-state index in [4.69, 9.17) is 4.74 Å². The van der Waals surface area contributed by atoms with Crippen LogP contribution in [-0.2, 0) is 4.79 Å². The molecule has 1 heterocycles. The quantitative estimate of drug-likeness (QED) is 0.613. The van der Waals surface area contributed by atoms with Crippen molar-refractivity contribution in [2.75, 3.05) is 20.2 Å². The molecule has 28 heavy (non-hydrogen) atoms. The zero-order valence-electron chi connectivity index (χ0n) is 15.7. The van der Waals surface area contributed by atoms with E-state index in [9.17, 15) is 22.4 Å². The van der Waals surface area contributed by atoms with E-state index in [2.05, 4.69) is 15.6 Å². The van der Waals surface area contributed by atoms with Crippen molar-refractivity contribution in [3.63, 3.8) is 0 Å². The number of hydrogen-bond acceptors (Lipinski definition) is 5. The number of hydrogen-bond donors (Lipinski definition) is 3. The van der Waals surface area contributed by atoms with Crippen molar-refractivity contribution in [1.82, 2.24) is 16.0 Å². The van der Waals surface area contributed by atoms with E-state index in [1.165, 1.54) is 7.11 Å². The van der Waals surface area contributed by atoms with E-state index in [1.807, 2.05) is 5.32 Å². The zero-order valence-corrected chi connectivity index (χ0v) is 15.7. The van der Waals surface area contributed by atoms with Crippen LogP contribution in [0.5, 0.6) is 5.75 Å². The third-order valence-corrected chi connectivity index (χ3v) is 3.96. The number of halogens is 4. The SMILES string of the molecule is COc1ccc(C2=NC(N[C@@H](C(=O)NCC(F)(F)F)C(C)C)=C(F)CN2)cc1. The van der Waals surface area contributed by atoms with Gasteiger partial charge >= 0.3 is 6.18 Å². The molecule has 10 heteroatoms. The van der Waals surface area contributed by atoms with Crippen molar-refractivity contribution in [2.45, 2.75) is 26.1 Å². The normalized spacial score (nSPS) is 15.6. The van der Waals surface area contributed by atoms with Crippen LogP contribution < -0.4 is 20.7 Å². The Balaban J connectivity index is 2.17. The van der Waals surface area contributed by atoms with Gasteiger partial charge < -0.3 is 20.7 Å². The Hall–Kier alpha value is -2.78. The lowest BCUT2D eigenvalue weighted by Gasteiger charge is -2.25. The number of aliphatic imine (C=N–C) groups is 1. The molecule has 6 nitrogen and oxygen atoms in total. The van der Waals surface area contributed by atoms with E-state index < -0.39 is 36.4 Å². The van der Waals surface area contributed by atoms with E-state index in [-0.39, 0.29) is 12.4 Å². The average Bonchev–Trinajstić information content (AvgIpc) is 2.64. The minimum absolute atomic E-state index is 0.165. The fraction of sp³-hybridized carbons (Fsp3) is 0.444. The highest BCUT2D eigenvalue weighted by Gasteiger charge is 2.31. The van der Waals surface area contributed by atoms with Crippen molar-refractivity contribution in [3.05, 3.63) is 41.5 Å². The van der Waals surface area contributed by atoms with Crippen molar-refractivity contribution in [2.24, 2.45) is 10.9 Å². The lowest BCUT2D eigenvalue weighted by molar-refractivity contribution is -0.140. The van der Waals surface area contributed by atoms with Crippen LogP contribution in [0.15, 0.2) is 40.9 Å². The van der Waals surface area contributed by atoms with Gasteiger partial charge in [0.25, 0.3) is 0 Å². The fourth-order valence-electron chi connectivity index (χ4n) is 2.46. The summed E-state index contributed by atoms with van der Waals surface area (Å²) in [5.41, 5.74) is 0.662. The Labute approximate surface area is 160 Å². The topological polar surface area (TPSA) is 74.8 Å². The number of rotatable bonds is 7. The van der Waals surface area contributed by atoms with E-state index in [0.29, 0.717) is 17.1 Å². The molecule has 0 saturated heterocycles. The smallest absolute Gasteiger partial charge is 0.405 e. The zero-order chi connectivity index (χ0) is 20.9. The summed E-state index contributed by atoms with van der Waals surface area (Å²) in [5, 5.41) is 7.27. The lowest BCUT2D eigenvalue weighted by Crippen LogP contribution is -2.49. The second-order valence-electron chi connectivity index (χ2n) is 6.49. The summed E-state index contributed by atoms with van der Waals surface area (Å²) in [6.07, 6.45) is -4.53. The van der Waals surface area contributed by atoms with Gasteiger partial charge in [0.1, 0.15) is 24.2 Å². The molecule has 3 N–H and O–H groups in total. The fourth-order valence-corrected chi connectivity index (χ4v) is 2.46. The number of amides is 1. The molecule has 1 atom stereocenters. The van der Waals surface area contributed by atoms with Gasteiger partial charge in [-0.05, 0) is 30.2 Å². The van der Waals surface area contributed by atoms with Crippen LogP contribution in [-0.4, -0.2) is 44.2 Å². The maximum absolute atomic E-state index is 14.2. The van der Waals surface area contributed by atoms with Gasteiger partial charge in [-0.15, -0.1) is 0 Å². The number of methoxy groups -OCH3 is 1. The van der Waals surface area contributed by atoms with Gasteiger partial charge in [-0.25, -0.2) is 9.38 Å². The summed E-state index contributed by atoms with van der Waals surface area (Å²) in [6.45, 7) is 1.65. The van der Waals surface area contributed by atoms with Gasteiger partial charge in [0.15, 0.2) is 11.6 Å². The second kappa shape index (κ2) is 8.94. The molecule has 0 bridgehead atoms. The van der Waals surface area contributed by atoms with Crippen LogP contribution in [0.4, 0.5) is 17.6 Å². The van der Waals surface area contributed by atoms with Crippen molar-refractivity contribution >= 4 is 11.7 Å². The number of benzene rings is 1. The first-order valence-corrected chi connectivity index (χ1v) is 8.57. The highest BCUT2D eigenvalue weighted by atomic mass is 19.4. The number of carbonyl (C=O) groups excluding carboxylic acids is 1. The minimum Gasteiger partial charge on any atom is -0.497 e. The van der Waals surface area contributed by atoms with Gasteiger partial charge in [-0.3, -0.25) is 4.79 Å². The van der Waals surface area contributed by atoms with Gasteiger partial charge in [0, 0.05) is 5.56 Å². The van der Waals surface area contributed by atoms with Crippen molar-refractivity contribution in [1.29, 1.82) is 0 Å². The number of carbonyl (C=O) groups is 1. The Kier molecular flexibility index (Phi) is 6.87. The Morgan fingerprint density at radius 2 is 1.93 bits per heavy atom. The number of ether oxygens (including phenoxy) is 1. The van der Waals surface area contributed by atoms with Crippen LogP contribution in [0.25, 0.3) is 0 Å². The van der Waals surface area contributed by atoms with Crippen LogP contribution in [0.3, 0.4) is 0 Å². The molecule has 1 amide bonds. The third-order valence-electron chi connectivity index (χ3n) is 3.96. The Bertz CT molecular complexity index is 758. The third kappa shape index (κ3) is 5.86. The number of amidine groups is 1. The average molecular weight is 402 g/mol. The first kappa shape index (κ1) is 21.5. The summed E-state index contributed by atoms with van der Waals surface area (Å²) >= 11 is 0. The summed E-state index contributed by atoms with van der Waals surface area (Å²) in [5.74, 6) is -1.11. The van der Waals surface area contributed by atoms with Gasteiger partial charge in [-0.1, -0.05) is 13.8 Å². The van der Waals surface area contributed by atoms with E-state index in [0.717, 1.165) is 0 Å². The number of alkyl halides is 3.